The molecule has 1 aromatic heterocycles. The highest BCUT2D eigenvalue weighted by molar-refractivity contribution is 6.36. The number of carbonyl (C=O) groups is 1. The molecule has 1 aromatic rings. The van der Waals surface area contributed by atoms with E-state index in [4.69, 9.17) is 27.9 Å². The number of rotatable bonds is 4. The predicted octanol–water partition coefficient (Wildman–Crippen LogP) is 3.00. The zero-order chi connectivity index (χ0) is 11.4. The lowest BCUT2D eigenvalue weighted by Gasteiger charge is -2.06. The summed E-state index contributed by atoms with van der Waals surface area (Å²) in [6, 6.07) is 1.48. The first-order valence-corrected chi connectivity index (χ1v) is 5.22. The number of ether oxygens (including phenoxy) is 1. The van der Waals surface area contributed by atoms with Gasteiger partial charge in [-0.1, -0.05) is 23.2 Å². The van der Waals surface area contributed by atoms with E-state index in [0.29, 0.717) is 5.02 Å². The average Bonchev–Trinajstić information content (AvgIpc) is 2.14. The van der Waals surface area contributed by atoms with Gasteiger partial charge in [0.2, 0.25) is 5.78 Å². The largest absolute Gasteiger partial charge is 0.371 e. The van der Waals surface area contributed by atoms with Crippen molar-refractivity contribution in [2.45, 2.75) is 20.0 Å². The minimum Gasteiger partial charge on any atom is -0.371 e. The van der Waals surface area contributed by atoms with Gasteiger partial charge in [-0.2, -0.15) is 0 Å². The van der Waals surface area contributed by atoms with Gasteiger partial charge >= 0.3 is 0 Å². The van der Waals surface area contributed by atoms with Gasteiger partial charge in [0.25, 0.3) is 0 Å². The monoisotopic (exact) mass is 247 g/mol. The Balaban J connectivity index is 2.74. The number of carbonyl (C=O) groups excluding carboxylic acids is 1. The molecule has 0 spiro atoms. The number of halogens is 2. The van der Waals surface area contributed by atoms with Crippen molar-refractivity contribution in [1.82, 2.24) is 4.98 Å². The number of hydrogen-bond donors (Lipinski definition) is 0. The Labute approximate surface area is 98.4 Å². The first-order chi connectivity index (χ1) is 7.00. The topological polar surface area (TPSA) is 39.2 Å². The van der Waals surface area contributed by atoms with Crippen molar-refractivity contribution in [3.63, 3.8) is 0 Å². The molecule has 0 aliphatic heterocycles. The lowest BCUT2D eigenvalue weighted by molar-refractivity contribution is 0.0581. The fourth-order valence-corrected chi connectivity index (χ4v) is 1.42. The molecule has 0 aliphatic rings. The van der Waals surface area contributed by atoms with Gasteiger partial charge < -0.3 is 4.74 Å². The van der Waals surface area contributed by atoms with Crippen molar-refractivity contribution in [2.24, 2.45) is 0 Å². The van der Waals surface area contributed by atoms with Crippen LogP contribution in [-0.4, -0.2) is 23.5 Å². The molecule has 0 N–H and O–H groups in total. The summed E-state index contributed by atoms with van der Waals surface area (Å²) in [6.07, 6.45) is 1.38. The summed E-state index contributed by atoms with van der Waals surface area (Å²) < 4.78 is 5.16. The SMILES string of the molecule is CC(C)OCC(=O)c1ncc(Cl)cc1Cl. The molecule has 0 aliphatic carbocycles. The van der Waals surface area contributed by atoms with Crippen molar-refractivity contribution >= 4 is 29.0 Å². The standard InChI is InChI=1S/C10H11Cl2NO2/c1-6(2)15-5-9(14)10-8(12)3-7(11)4-13-10/h3-4,6H,5H2,1-2H3. The first-order valence-electron chi connectivity index (χ1n) is 4.46. The highest BCUT2D eigenvalue weighted by Gasteiger charge is 2.13. The molecule has 5 heteroatoms. The normalized spacial score (nSPS) is 10.7. The first kappa shape index (κ1) is 12.4. The molecule has 0 fully saturated rings. The molecular weight excluding hydrogens is 237 g/mol. The summed E-state index contributed by atoms with van der Waals surface area (Å²) in [4.78, 5) is 15.4. The molecule has 82 valence electrons. The number of ketones is 1. The van der Waals surface area contributed by atoms with Gasteiger partial charge in [-0.05, 0) is 19.9 Å². The van der Waals surface area contributed by atoms with E-state index in [1.54, 1.807) is 0 Å². The Bertz CT molecular complexity index is 366. The van der Waals surface area contributed by atoms with Crippen LogP contribution < -0.4 is 0 Å². The number of Topliss-reactive ketones (excluding diaryl/α,β-unsaturated/α-hetero) is 1. The lowest BCUT2D eigenvalue weighted by atomic mass is 10.2. The van der Waals surface area contributed by atoms with Gasteiger partial charge in [0.1, 0.15) is 12.3 Å². The summed E-state index contributed by atoms with van der Waals surface area (Å²) in [5.74, 6) is -0.245. The number of hydrogen-bond acceptors (Lipinski definition) is 3. The smallest absolute Gasteiger partial charge is 0.208 e. The Morgan fingerprint density at radius 2 is 2.20 bits per heavy atom. The van der Waals surface area contributed by atoms with Gasteiger partial charge in [0, 0.05) is 6.20 Å². The van der Waals surface area contributed by atoms with Gasteiger partial charge in [0.05, 0.1) is 16.1 Å². The van der Waals surface area contributed by atoms with Crippen molar-refractivity contribution in [2.75, 3.05) is 6.61 Å². The third kappa shape index (κ3) is 3.78. The molecule has 0 saturated heterocycles. The Morgan fingerprint density at radius 1 is 1.53 bits per heavy atom. The maximum absolute atomic E-state index is 11.6. The van der Waals surface area contributed by atoms with Gasteiger partial charge in [-0.25, -0.2) is 4.98 Å². The van der Waals surface area contributed by atoms with E-state index >= 15 is 0 Å². The minimum absolute atomic E-state index is 0.0000238. The van der Waals surface area contributed by atoms with Gasteiger partial charge in [-0.3, -0.25) is 4.79 Å². The minimum atomic E-state index is -0.245. The van der Waals surface area contributed by atoms with Crippen LogP contribution in [0.2, 0.25) is 10.0 Å². The summed E-state index contributed by atoms with van der Waals surface area (Å²) in [7, 11) is 0. The second-order valence-electron chi connectivity index (χ2n) is 3.27. The van der Waals surface area contributed by atoms with E-state index in [1.165, 1.54) is 12.3 Å². The van der Waals surface area contributed by atoms with Gasteiger partial charge in [-0.15, -0.1) is 0 Å². The van der Waals surface area contributed by atoms with E-state index < -0.39 is 0 Å². The van der Waals surface area contributed by atoms with E-state index in [9.17, 15) is 4.79 Å². The zero-order valence-electron chi connectivity index (χ0n) is 8.46. The molecular formula is C10H11Cl2NO2. The second kappa shape index (κ2) is 5.45. The highest BCUT2D eigenvalue weighted by Crippen LogP contribution is 2.18. The van der Waals surface area contributed by atoms with E-state index in [-0.39, 0.29) is 29.2 Å². The molecule has 0 unspecified atom stereocenters. The van der Waals surface area contributed by atoms with E-state index in [0.717, 1.165) is 0 Å². The number of aromatic nitrogens is 1. The maximum Gasteiger partial charge on any atom is 0.208 e. The van der Waals surface area contributed by atoms with Crippen molar-refractivity contribution < 1.29 is 9.53 Å². The van der Waals surface area contributed by atoms with Crippen LogP contribution in [0.4, 0.5) is 0 Å². The van der Waals surface area contributed by atoms with Crippen LogP contribution in [0, 0.1) is 0 Å². The third-order valence-corrected chi connectivity index (χ3v) is 2.11. The molecule has 0 radical (unpaired) electrons. The van der Waals surface area contributed by atoms with Crippen molar-refractivity contribution in [1.29, 1.82) is 0 Å². The molecule has 1 rings (SSSR count). The Morgan fingerprint density at radius 3 is 2.73 bits per heavy atom. The van der Waals surface area contributed by atoms with Crippen LogP contribution in [0.5, 0.6) is 0 Å². The van der Waals surface area contributed by atoms with Crippen LogP contribution in [0.1, 0.15) is 24.3 Å². The number of nitrogens with zero attached hydrogens (tertiary/aromatic N) is 1. The highest BCUT2D eigenvalue weighted by atomic mass is 35.5. The third-order valence-electron chi connectivity index (χ3n) is 1.62. The van der Waals surface area contributed by atoms with Crippen molar-refractivity contribution in [3.05, 3.63) is 28.0 Å². The Hall–Kier alpha value is -0.640. The van der Waals surface area contributed by atoms with Crippen LogP contribution in [0.15, 0.2) is 12.3 Å². The summed E-state index contributed by atoms with van der Waals surface area (Å²) in [5.41, 5.74) is 0.196. The maximum atomic E-state index is 11.6. The molecule has 1 heterocycles. The predicted molar refractivity (Wildman–Crippen MR) is 59.7 cm³/mol. The molecule has 0 aromatic carbocycles. The van der Waals surface area contributed by atoms with Crippen LogP contribution in [0.25, 0.3) is 0 Å². The molecule has 15 heavy (non-hydrogen) atoms. The van der Waals surface area contributed by atoms with Crippen LogP contribution in [0.3, 0.4) is 0 Å². The van der Waals surface area contributed by atoms with E-state index in [2.05, 4.69) is 4.98 Å². The molecule has 0 amide bonds. The quantitative estimate of drug-likeness (QED) is 0.769. The molecule has 0 saturated carbocycles. The number of pyridine rings is 1. The second-order valence-corrected chi connectivity index (χ2v) is 4.11. The lowest BCUT2D eigenvalue weighted by Crippen LogP contribution is -2.15. The van der Waals surface area contributed by atoms with Crippen LogP contribution >= 0.6 is 23.2 Å². The fraction of sp³-hybridized carbons (Fsp3) is 0.400. The van der Waals surface area contributed by atoms with Crippen LogP contribution in [-0.2, 0) is 4.74 Å². The Kier molecular flexibility index (Phi) is 4.51. The summed E-state index contributed by atoms with van der Waals surface area (Å²) in [6.45, 7) is 3.68. The zero-order valence-corrected chi connectivity index (χ0v) is 9.97. The van der Waals surface area contributed by atoms with Crippen molar-refractivity contribution in [3.8, 4) is 0 Å². The molecule has 0 bridgehead atoms. The molecule has 0 atom stereocenters. The molecule has 3 nitrogen and oxygen atoms in total. The summed E-state index contributed by atoms with van der Waals surface area (Å²) in [5, 5.41) is 0.654. The summed E-state index contributed by atoms with van der Waals surface area (Å²) >= 11 is 11.5. The fourth-order valence-electron chi connectivity index (χ4n) is 0.930. The van der Waals surface area contributed by atoms with E-state index in [1.807, 2.05) is 13.8 Å². The van der Waals surface area contributed by atoms with Gasteiger partial charge in [0.15, 0.2) is 0 Å². The average molecular weight is 248 g/mol.